The molecule has 0 aliphatic carbocycles. The molecule has 2 atom stereocenters. The maximum absolute atomic E-state index is 12.8. The number of rotatable bonds is 9. The first kappa shape index (κ1) is 21.6. The van der Waals surface area contributed by atoms with Crippen molar-refractivity contribution in [2.24, 2.45) is 0 Å². The number of thiazole rings is 1. The predicted molar refractivity (Wildman–Crippen MR) is 119 cm³/mol. The van der Waals surface area contributed by atoms with Gasteiger partial charge in [0.2, 0.25) is 11.8 Å². The summed E-state index contributed by atoms with van der Waals surface area (Å²) in [5, 5.41) is 8.67. The Balaban J connectivity index is 1.60. The lowest BCUT2D eigenvalue weighted by molar-refractivity contribution is -0.129. The van der Waals surface area contributed by atoms with Crippen LogP contribution in [0.25, 0.3) is 11.3 Å². The molecule has 6 nitrogen and oxygen atoms in total. The van der Waals surface area contributed by atoms with E-state index in [1.807, 2.05) is 61.7 Å². The Morgan fingerprint density at radius 3 is 2.50 bits per heavy atom. The van der Waals surface area contributed by atoms with E-state index in [0.717, 1.165) is 28.2 Å². The Labute approximate surface area is 180 Å². The molecule has 0 saturated carbocycles. The van der Waals surface area contributed by atoms with Crippen LogP contribution in [-0.4, -0.2) is 27.8 Å². The van der Waals surface area contributed by atoms with Crippen LogP contribution >= 0.6 is 11.3 Å². The Bertz CT molecular complexity index is 960. The fourth-order valence-electron chi connectivity index (χ4n) is 3.10. The first-order chi connectivity index (χ1) is 14.6. The van der Waals surface area contributed by atoms with Crippen LogP contribution in [0.2, 0.25) is 0 Å². The largest absolute Gasteiger partial charge is 0.345 e. The summed E-state index contributed by atoms with van der Waals surface area (Å²) in [6.07, 6.45) is 5.09. The van der Waals surface area contributed by atoms with Crippen molar-refractivity contribution in [3.8, 4) is 11.3 Å². The van der Waals surface area contributed by atoms with Crippen LogP contribution < -0.4 is 10.6 Å². The van der Waals surface area contributed by atoms with Crippen molar-refractivity contribution in [2.45, 2.75) is 45.2 Å². The van der Waals surface area contributed by atoms with Gasteiger partial charge in [0.15, 0.2) is 0 Å². The van der Waals surface area contributed by atoms with Crippen molar-refractivity contribution in [2.75, 3.05) is 0 Å². The minimum Gasteiger partial charge on any atom is -0.345 e. The first-order valence-corrected chi connectivity index (χ1v) is 10.9. The van der Waals surface area contributed by atoms with Gasteiger partial charge in [0.25, 0.3) is 0 Å². The van der Waals surface area contributed by atoms with Gasteiger partial charge in [-0.05, 0) is 31.0 Å². The zero-order chi connectivity index (χ0) is 21.3. The Hall–Kier alpha value is -3.06. The zero-order valence-electron chi connectivity index (χ0n) is 17.2. The molecular formula is C23H26N4O2S. The number of amides is 2. The van der Waals surface area contributed by atoms with E-state index in [0.29, 0.717) is 6.42 Å². The monoisotopic (exact) mass is 422 g/mol. The van der Waals surface area contributed by atoms with E-state index in [9.17, 15) is 9.59 Å². The highest BCUT2D eigenvalue weighted by atomic mass is 32.1. The van der Waals surface area contributed by atoms with Gasteiger partial charge in [-0.15, -0.1) is 11.3 Å². The second-order valence-corrected chi connectivity index (χ2v) is 8.00. The second kappa shape index (κ2) is 10.6. The number of hydrogen-bond acceptors (Lipinski definition) is 5. The second-order valence-electron chi connectivity index (χ2n) is 7.11. The van der Waals surface area contributed by atoms with E-state index >= 15 is 0 Å². The maximum atomic E-state index is 12.8. The molecule has 2 unspecified atom stereocenters. The molecule has 2 N–H and O–H groups in total. The SMILES string of the molecule is CCCC(NC(=O)Cc1ccccc1)C(=O)NC(C)c1nc(-c2ccncc2)cs1. The van der Waals surface area contributed by atoms with Crippen LogP contribution in [0.1, 0.15) is 43.3 Å². The summed E-state index contributed by atoms with van der Waals surface area (Å²) >= 11 is 1.50. The average Bonchev–Trinajstić information content (AvgIpc) is 3.25. The lowest BCUT2D eigenvalue weighted by Gasteiger charge is -2.20. The average molecular weight is 423 g/mol. The standard InChI is InChI=1S/C23H26N4O2S/c1-3-7-19(26-21(28)14-17-8-5-4-6-9-17)22(29)25-16(2)23-27-20(15-30-23)18-10-12-24-13-11-18/h4-6,8-13,15-16,19H,3,7,14H2,1-2H3,(H,25,29)(H,26,28). The molecule has 2 heterocycles. The molecule has 7 heteroatoms. The van der Waals surface area contributed by atoms with Gasteiger partial charge in [-0.2, -0.15) is 0 Å². The number of benzene rings is 1. The molecule has 3 aromatic rings. The topological polar surface area (TPSA) is 84.0 Å². The smallest absolute Gasteiger partial charge is 0.243 e. The van der Waals surface area contributed by atoms with Gasteiger partial charge in [0.05, 0.1) is 18.2 Å². The van der Waals surface area contributed by atoms with Gasteiger partial charge >= 0.3 is 0 Å². The van der Waals surface area contributed by atoms with Gasteiger partial charge in [0.1, 0.15) is 11.0 Å². The normalized spacial score (nSPS) is 12.7. The third-order valence-electron chi connectivity index (χ3n) is 4.66. The van der Waals surface area contributed by atoms with Gasteiger partial charge in [-0.1, -0.05) is 43.7 Å². The maximum Gasteiger partial charge on any atom is 0.243 e. The summed E-state index contributed by atoms with van der Waals surface area (Å²) in [5.74, 6) is -0.344. The van der Waals surface area contributed by atoms with Crippen molar-refractivity contribution in [3.63, 3.8) is 0 Å². The lowest BCUT2D eigenvalue weighted by atomic mass is 10.1. The Kier molecular flexibility index (Phi) is 7.68. The van der Waals surface area contributed by atoms with Gasteiger partial charge in [-0.25, -0.2) is 4.98 Å². The summed E-state index contributed by atoms with van der Waals surface area (Å²) in [7, 11) is 0. The number of carbonyl (C=O) groups is 2. The van der Waals surface area contributed by atoms with E-state index in [1.54, 1.807) is 12.4 Å². The third-order valence-corrected chi connectivity index (χ3v) is 5.69. The highest BCUT2D eigenvalue weighted by Gasteiger charge is 2.23. The molecule has 1 aromatic carbocycles. The molecular weight excluding hydrogens is 396 g/mol. The fraction of sp³-hybridized carbons (Fsp3) is 0.304. The summed E-state index contributed by atoms with van der Waals surface area (Å²) in [4.78, 5) is 33.9. The number of aromatic nitrogens is 2. The minimum atomic E-state index is -0.562. The number of nitrogens with one attached hydrogen (secondary N) is 2. The van der Waals surface area contributed by atoms with E-state index in [1.165, 1.54) is 11.3 Å². The molecule has 0 aliphatic heterocycles. The van der Waals surface area contributed by atoms with E-state index in [-0.39, 0.29) is 24.3 Å². The highest BCUT2D eigenvalue weighted by molar-refractivity contribution is 7.10. The quantitative estimate of drug-likeness (QED) is 0.548. The summed E-state index contributed by atoms with van der Waals surface area (Å²) in [6.45, 7) is 3.90. The van der Waals surface area contributed by atoms with Gasteiger partial charge < -0.3 is 10.6 Å². The summed E-state index contributed by atoms with van der Waals surface area (Å²) in [6, 6.07) is 12.5. The molecule has 0 saturated heterocycles. The molecule has 0 aliphatic rings. The van der Waals surface area contributed by atoms with E-state index in [4.69, 9.17) is 0 Å². The van der Waals surface area contributed by atoms with Gasteiger partial charge in [-0.3, -0.25) is 14.6 Å². The van der Waals surface area contributed by atoms with Crippen LogP contribution in [0.15, 0.2) is 60.2 Å². The first-order valence-electron chi connectivity index (χ1n) is 10.1. The van der Waals surface area contributed by atoms with Crippen molar-refractivity contribution < 1.29 is 9.59 Å². The number of pyridine rings is 1. The highest BCUT2D eigenvalue weighted by Crippen LogP contribution is 2.25. The third kappa shape index (κ3) is 5.97. The molecule has 0 radical (unpaired) electrons. The summed E-state index contributed by atoms with van der Waals surface area (Å²) in [5.41, 5.74) is 2.77. The van der Waals surface area contributed by atoms with Crippen LogP contribution in [0.4, 0.5) is 0 Å². The van der Waals surface area contributed by atoms with Crippen molar-refractivity contribution in [3.05, 3.63) is 70.8 Å². The molecule has 2 aromatic heterocycles. The number of carbonyl (C=O) groups excluding carboxylic acids is 2. The van der Waals surface area contributed by atoms with Crippen LogP contribution in [0, 0.1) is 0 Å². The zero-order valence-corrected chi connectivity index (χ0v) is 18.0. The lowest BCUT2D eigenvalue weighted by Crippen LogP contribution is -2.47. The Morgan fingerprint density at radius 2 is 1.80 bits per heavy atom. The fourth-order valence-corrected chi connectivity index (χ4v) is 3.94. The predicted octanol–water partition coefficient (Wildman–Crippen LogP) is 3.91. The molecule has 30 heavy (non-hydrogen) atoms. The van der Waals surface area contributed by atoms with Crippen molar-refractivity contribution >= 4 is 23.2 Å². The summed E-state index contributed by atoms with van der Waals surface area (Å²) < 4.78 is 0. The van der Waals surface area contributed by atoms with E-state index < -0.39 is 6.04 Å². The molecule has 156 valence electrons. The number of hydrogen-bond donors (Lipinski definition) is 2. The molecule has 0 fully saturated rings. The van der Waals surface area contributed by atoms with Gasteiger partial charge in [0, 0.05) is 23.3 Å². The van der Waals surface area contributed by atoms with Crippen LogP contribution in [0.5, 0.6) is 0 Å². The molecule has 0 bridgehead atoms. The van der Waals surface area contributed by atoms with Crippen molar-refractivity contribution in [1.29, 1.82) is 0 Å². The Morgan fingerprint density at radius 1 is 1.07 bits per heavy atom. The minimum absolute atomic E-state index is 0.156. The van der Waals surface area contributed by atoms with Crippen LogP contribution in [0.3, 0.4) is 0 Å². The van der Waals surface area contributed by atoms with Crippen LogP contribution in [-0.2, 0) is 16.0 Å². The van der Waals surface area contributed by atoms with E-state index in [2.05, 4.69) is 20.6 Å². The van der Waals surface area contributed by atoms with Crippen molar-refractivity contribution in [1.82, 2.24) is 20.6 Å². The molecule has 3 rings (SSSR count). The molecule has 2 amide bonds. The molecule has 0 spiro atoms. The number of nitrogens with zero attached hydrogens (tertiary/aromatic N) is 2.